The number of morpholine rings is 1. The molecule has 154 valence electrons. The summed E-state index contributed by atoms with van der Waals surface area (Å²) in [5.74, 6) is -0.623. The van der Waals surface area contributed by atoms with Gasteiger partial charge in [0.15, 0.2) is 18.1 Å². The fourth-order valence-electron chi connectivity index (χ4n) is 2.91. The van der Waals surface area contributed by atoms with Crippen LogP contribution >= 0.6 is 11.6 Å². The van der Waals surface area contributed by atoms with Gasteiger partial charge in [-0.2, -0.15) is 0 Å². The van der Waals surface area contributed by atoms with E-state index < -0.39 is 5.91 Å². The second-order valence-electron chi connectivity index (χ2n) is 6.34. The number of ether oxygens (including phenoxy) is 3. The molecular formula is C20H22ClN3O5. The van der Waals surface area contributed by atoms with Crippen LogP contribution in [0.5, 0.6) is 11.5 Å². The summed E-state index contributed by atoms with van der Waals surface area (Å²) in [7, 11) is 1.41. The molecule has 29 heavy (non-hydrogen) atoms. The number of halogens is 1. The molecule has 1 saturated heterocycles. The number of nitrogens with zero attached hydrogens (tertiary/aromatic N) is 1. The molecule has 0 bridgehead atoms. The lowest BCUT2D eigenvalue weighted by atomic mass is 10.1. The molecule has 9 heteroatoms. The van der Waals surface area contributed by atoms with E-state index in [1.165, 1.54) is 19.2 Å². The van der Waals surface area contributed by atoms with Crippen molar-refractivity contribution in [1.29, 1.82) is 0 Å². The molecule has 3 N–H and O–H groups in total. The number of primary amides is 1. The van der Waals surface area contributed by atoms with Gasteiger partial charge >= 0.3 is 0 Å². The first kappa shape index (κ1) is 20.8. The predicted octanol–water partition coefficient (Wildman–Crippen LogP) is 2.30. The van der Waals surface area contributed by atoms with E-state index in [2.05, 4.69) is 10.2 Å². The van der Waals surface area contributed by atoms with Gasteiger partial charge in [0, 0.05) is 30.0 Å². The standard InChI is InChI=1S/C20H22ClN3O5/c1-27-17-11-13(10-16(21)19(17)29-12-18(22)25)20(26)23-14-2-4-15(5-3-14)24-6-8-28-9-7-24/h2-5,10-11H,6-9,12H2,1H3,(H2,22,25)(H,23,26). The van der Waals surface area contributed by atoms with Gasteiger partial charge in [-0.25, -0.2) is 0 Å². The fraction of sp³-hybridized carbons (Fsp3) is 0.300. The molecule has 1 aliphatic rings. The maximum absolute atomic E-state index is 12.6. The molecule has 2 aromatic carbocycles. The van der Waals surface area contributed by atoms with Gasteiger partial charge in [-0.3, -0.25) is 9.59 Å². The number of rotatable bonds is 7. The van der Waals surface area contributed by atoms with Crippen LogP contribution in [0.15, 0.2) is 36.4 Å². The van der Waals surface area contributed by atoms with E-state index in [1.807, 2.05) is 24.3 Å². The van der Waals surface area contributed by atoms with E-state index in [1.54, 1.807) is 0 Å². The van der Waals surface area contributed by atoms with Crippen LogP contribution in [0.2, 0.25) is 5.02 Å². The maximum atomic E-state index is 12.6. The lowest BCUT2D eigenvalue weighted by molar-refractivity contribution is -0.119. The van der Waals surface area contributed by atoms with Crippen molar-refractivity contribution in [3.8, 4) is 11.5 Å². The molecule has 0 radical (unpaired) electrons. The summed E-state index contributed by atoms with van der Waals surface area (Å²) < 4.78 is 15.9. The SMILES string of the molecule is COc1cc(C(=O)Nc2ccc(N3CCOCC3)cc2)cc(Cl)c1OCC(N)=O. The summed E-state index contributed by atoms with van der Waals surface area (Å²) in [6.07, 6.45) is 0. The normalized spacial score (nSPS) is 13.7. The molecule has 1 fully saturated rings. The molecule has 1 aliphatic heterocycles. The van der Waals surface area contributed by atoms with Crippen LogP contribution < -0.4 is 25.4 Å². The van der Waals surface area contributed by atoms with Crippen molar-refractivity contribution in [2.75, 3.05) is 50.2 Å². The lowest BCUT2D eigenvalue weighted by Gasteiger charge is -2.28. The Labute approximate surface area is 173 Å². The summed E-state index contributed by atoms with van der Waals surface area (Å²) in [6, 6.07) is 10.5. The van der Waals surface area contributed by atoms with Gasteiger partial charge in [-0.15, -0.1) is 0 Å². The van der Waals surface area contributed by atoms with Crippen molar-refractivity contribution in [2.24, 2.45) is 5.73 Å². The second kappa shape index (κ2) is 9.49. The van der Waals surface area contributed by atoms with Crippen molar-refractivity contribution in [1.82, 2.24) is 0 Å². The Morgan fingerprint density at radius 1 is 1.21 bits per heavy atom. The first-order chi connectivity index (χ1) is 14.0. The average molecular weight is 420 g/mol. The Hall–Kier alpha value is -2.97. The monoisotopic (exact) mass is 419 g/mol. The maximum Gasteiger partial charge on any atom is 0.255 e. The van der Waals surface area contributed by atoms with E-state index in [4.69, 9.17) is 31.5 Å². The van der Waals surface area contributed by atoms with E-state index in [-0.39, 0.29) is 34.6 Å². The van der Waals surface area contributed by atoms with Gasteiger partial charge in [0.25, 0.3) is 11.8 Å². The zero-order valence-electron chi connectivity index (χ0n) is 15.9. The van der Waals surface area contributed by atoms with Crippen molar-refractivity contribution in [3.63, 3.8) is 0 Å². The summed E-state index contributed by atoms with van der Waals surface area (Å²) in [5, 5.41) is 2.96. The molecule has 0 spiro atoms. The fourth-order valence-corrected chi connectivity index (χ4v) is 3.18. The first-order valence-corrected chi connectivity index (χ1v) is 9.38. The number of nitrogens with one attached hydrogen (secondary N) is 1. The Balaban J connectivity index is 1.71. The third-order valence-electron chi connectivity index (χ3n) is 4.35. The third-order valence-corrected chi connectivity index (χ3v) is 4.63. The number of carbonyl (C=O) groups is 2. The highest BCUT2D eigenvalue weighted by Gasteiger charge is 2.17. The number of amides is 2. The highest BCUT2D eigenvalue weighted by molar-refractivity contribution is 6.32. The molecule has 3 rings (SSSR count). The van der Waals surface area contributed by atoms with E-state index >= 15 is 0 Å². The molecule has 8 nitrogen and oxygen atoms in total. The summed E-state index contributed by atoms with van der Waals surface area (Å²) in [5.41, 5.74) is 7.10. The van der Waals surface area contributed by atoms with Crippen LogP contribution in [0.4, 0.5) is 11.4 Å². The third kappa shape index (κ3) is 5.30. The minimum absolute atomic E-state index is 0.137. The van der Waals surface area contributed by atoms with E-state index in [0.717, 1.165) is 18.8 Å². The molecule has 2 aromatic rings. The Morgan fingerprint density at radius 2 is 1.90 bits per heavy atom. The van der Waals surface area contributed by atoms with Gasteiger partial charge in [-0.1, -0.05) is 11.6 Å². The zero-order valence-corrected chi connectivity index (χ0v) is 16.7. The topological polar surface area (TPSA) is 103 Å². The van der Waals surface area contributed by atoms with Crippen LogP contribution in [0.3, 0.4) is 0 Å². The first-order valence-electron chi connectivity index (χ1n) is 9.00. The number of nitrogens with two attached hydrogens (primary N) is 1. The summed E-state index contributed by atoms with van der Waals surface area (Å²) in [6.45, 7) is 2.75. The van der Waals surface area contributed by atoms with E-state index in [0.29, 0.717) is 18.9 Å². The number of benzene rings is 2. The van der Waals surface area contributed by atoms with Crippen molar-refractivity contribution >= 4 is 34.8 Å². The Bertz CT molecular complexity index is 882. The highest BCUT2D eigenvalue weighted by Crippen LogP contribution is 2.36. The van der Waals surface area contributed by atoms with Crippen LogP contribution in [0.25, 0.3) is 0 Å². The molecule has 0 aromatic heterocycles. The number of methoxy groups -OCH3 is 1. The van der Waals surface area contributed by atoms with Gasteiger partial charge in [0.1, 0.15) is 0 Å². The van der Waals surface area contributed by atoms with Crippen LogP contribution in [0.1, 0.15) is 10.4 Å². The van der Waals surface area contributed by atoms with Crippen molar-refractivity contribution in [3.05, 3.63) is 47.0 Å². The van der Waals surface area contributed by atoms with E-state index in [9.17, 15) is 9.59 Å². The minimum Gasteiger partial charge on any atom is -0.493 e. The quantitative estimate of drug-likeness (QED) is 0.713. The molecule has 2 amide bonds. The van der Waals surface area contributed by atoms with Gasteiger partial charge in [-0.05, 0) is 36.4 Å². The largest absolute Gasteiger partial charge is 0.493 e. The number of carbonyl (C=O) groups excluding carboxylic acids is 2. The number of anilines is 2. The minimum atomic E-state index is -0.648. The molecule has 1 heterocycles. The Morgan fingerprint density at radius 3 is 2.52 bits per heavy atom. The molecule has 0 aliphatic carbocycles. The Kier molecular flexibility index (Phi) is 6.79. The summed E-state index contributed by atoms with van der Waals surface area (Å²) in [4.78, 5) is 25.8. The highest BCUT2D eigenvalue weighted by atomic mass is 35.5. The van der Waals surface area contributed by atoms with Gasteiger partial charge in [0.05, 0.1) is 25.3 Å². The van der Waals surface area contributed by atoms with Crippen LogP contribution in [-0.4, -0.2) is 51.8 Å². The molecule has 0 atom stereocenters. The van der Waals surface area contributed by atoms with Crippen molar-refractivity contribution < 1.29 is 23.8 Å². The molecule has 0 saturated carbocycles. The smallest absolute Gasteiger partial charge is 0.255 e. The van der Waals surface area contributed by atoms with Crippen LogP contribution in [0, 0.1) is 0 Å². The molecule has 0 unspecified atom stereocenters. The second-order valence-corrected chi connectivity index (χ2v) is 6.75. The molecular weight excluding hydrogens is 398 g/mol. The predicted molar refractivity (Wildman–Crippen MR) is 110 cm³/mol. The zero-order chi connectivity index (χ0) is 20.8. The van der Waals surface area contributed by atoms with Gasteiger partial charge in [0.2, 0.25) is 0 Å². The van der Waals surface area contributed by atoms with Crippen molar-refractivity contribution in [2.45, 2.75) is 0 Å². The van der Waals surface area contributed by atoms with Crippen LogP contribution in [-0.2, 0) is 9.53 Å². The lowest BCUT2D eigenvalue weighted by Crippen LogP contribution is -2.36. The van der Waals surface area contributed by atoms with Gasteiger partial charge < -0.3 is 30.2 Å². The number of hydrogen-bond donors (Lipinski definition) is 2. The average Bonchev–Trinajstić information content (AvgIpc) is 2.73. The summed E-state index contributed by atoms with van der Waals surface area (Å²) >= 11 is 6.20. The number of hydrogen-bond acceptors (Lipinski definition) is 6.